The summed E-state index contributed by atoms with van der Waals surface area (Å²) in [6.07, 6.45) is 8.45. The zero-order valence-corrected chi connectivity index (χ0v) is 22.7. The Morgan fingerprint density at radius 3 is 2.32 bits per heavy atom. The Kier molecular flexibility index (Phi) is 6.34. The molecule has 7 nitrogen and oxygen atoms in total. The van der Waals surface area contributed by atoms with Gasteiger partial charge in [-0.25, -0.2) is 4.98 Å². The second-order valence-electron chi connectivity index (χ2n) is 12.0. The summed E-state index contributed by atoms with van der Waals surface area (Å²) in [7, 11) is 0. The molecule has 6 rings (SSSR count). The van der Waals surface area contributed by atoms with Gasteiger partial charge in [-0.1, -0.05) is 11.6 Å². The number of carbonyl (C=O) groups is 2. The first-order chi connectivity index (χ1) is 18.3. The summed E-state index contributed by atoms with van der Waals surface area (Å²) in [5.41, 5.74) is 3.63. The molecule has 1 atom stereocenters. The normalized spacial score (nSPS) is 24.0. The van der Waals surface area contributed by atoms with Crippen LogP contribution in [0.2, 0.25) is 5.02 Å². The third-order valence-electron chi connectivity index (χ3n) is 9.58. The number of piperidine rings is 2. The van der Waals surface area contributed by atoms with Crippen molar-refractivity contribution < 1.29 is 9.59 Å². The summed E-state index contributed by atoms with van der Waals surface area (Å²) >= 11 is 6.32. The average molecular weight is 532 g/mol. The number of aromatic nitrogens is 1. The van der Waals surface area contributed by atoms with Crippen LogP contribution in [0.1, 0.15) is 67.9 Å². The highest BCUT2D eigenvalue weighted by atomic mass is 35.5. The highest BCUT2D eigenvalue weighted by Gasteiger charge is 2.46. The van der Waals surface area contributed by atoms with Gasteiger partial charge in [-0.05, 0) is 80.2 Å². The SMILES string of the molecule is C[C@@H]1CC2(CCN(c3ccc(C(=O)N4CCC5(CC4)CC(=O)C5)nc3)CC2)CN1c1ccc(C#N)c(Cl)c1. The standard InChI is InChI=1S/C30H34ClN5O2/c1-21-15-30(20-36(21)23-3-2-22(18-32)26(31)14-23)8-10-34(11-9-30)24-4-5-27(33-19-24)28(38)35-12-6-29(7-13-35)16-25(37)17-29/h2-5,14,19,21H,6-13,15-17,20H2,1H3/t21-/m1/s1. The van der Waals surface area contributed by atoms with E-state index in [9.17, 15) is 14.9 Å². The number of pyridine rings is 1. The van der Waals surface area contributed by atoms with Crippen molar-refractivity contribution in [2.45, 2.75) is 57.9 Å². The van der Waals surface area contributed by atoms with Crippen LogP contribution in [0.5, 0.6) is 0 Å². The van der Waals surface area contributed by atoms with Crippen molar-refractivity contribution in [2.75, 3.05) is 42.5 Å². The topological polar surface area (TPSA) is 80.5 Å². The second kappa shape index (κ2) is 9.57. The maximum Gasteiger partial charge on any atom is 0.272 e. The van der Waals surface area contributed by atoms with Crippen LogP contribution in [-0.2, 0) is 4.79 Å². The molecule has 0 bridgehead atoms. The molecule has 0 unspecified atom stereocenters. The number of Topliss-reactive ketones (excluding diaryl/α,β-unsaturated/α-hetero) is 1. The number of anilines is 2. The zero-order chi connectivity index (χ0) is 26.5. The summed E-state index contributed by atoms with van der Waals surface area (Å²) in [5.74, 6) is 0.360. The van der Waals surface area contributed by atoms with Gasteiger partial charge >= 0.3 is 0 Å². The molecule has 2 aromatic rings. The average Bonchev–Trinajstić information content (AvgIpc) is 3.23. The van der Waals surface area contributed by atoms with Gasteiger partial charge in [-0.2, -0.15) is 5.26 Å². The van der Waals surface area contributed by atoms with Crippen LogP contribution in [0.25, 0.3) is 0 Å². The molecule has 3 aliphatic heterocycles. The smallest absolute Gasteiger partial charge is 0.272 e. The van der Waals surface area contributed by atoms with Gasteiger partial charge in [0.05, 0.1) is 22.5 Å². The summed E-state index contributed by atoms with van der Waals surface area (Å²) in [6, 6.07) is 12.2. The lowest BCUT2D eigenvalue weighted by atomic mass is 9.62. The van der Waals surface area contributed by atoms with Gasteiger partial charge in [0.25, 0.3) is 5.91 Å². The van der Waals surface area contributed by atoms with Crippen molar-refractivity contribution in [3.8, 4) is 6.07 Å². The van der Waals surface area contributed by atoms with E-state index in [2.05, 4.69) is 27.8 Å². The summed E-state index contributed by atoms with van der Waals surface area (Å²) in [5, 5.41) is 9.71. The molecule has 1 amide bonds. The molecule has 198 valence electrons. The van der Waals surface area contributed by atoms with E-state index >= 15 is 0 Å². The fourth-order valence-electron chi connectivity index (χ4n) is 7.22. The lowest BCUT2D eigenvalue weighted by Crippen LogP contribution is -2.49. The lowest BCUT2D eigenvalue weighted by molar-refractivity contribution is -0.135. The first-order valence-electron chi connectivity index (χ1n) is 13.8. The van der Waals surface area contributed by atoms with Gasteiger partial charge in [-0.15, -0.1) is 0 Å². The van der Waals surface area contributed by atoms with Crippen LogP contribution in [0, 0.1) is 22.2 Å². The van der Waals surface area contributed by atoms with E-state index in [1.807, 2.05) is 41.4 Å². The molecule has 4 aliphatic rings. The predicted molar refractivity (Wildman–Crippen MR) is 148 cm³/mol. The lowest BCUT2D eigenvalue weighted by Gasteiger charge is -2.46. The number of hydrogen-bond donors (Lipinski definition) is 0. The molecular formula is C30H34ClN5O2. The molecule has 8 heteroatoms. The Hall–Kier alpha value is -3.11. The molecule has 4 heterocycles. The summed E-state index contributed by atoms with van der Waals surface area (Å²) < 4.78 is 0. The first kappa shape index (κ1) is 25.2. The Labute approximate surface area is 229 Å². The van der Waals surface area contributed by atoms with Crippen molar-refractivity contribution in [1.82, 2.24) is 9.88 Å². The van der Waals surface area contributed by atoms with Crippen LogP contribution in [0.3, 0.4) is 0 Å². The van der Waals surface area contributed by atoms with Gasteiger partial charge in [0.1, 0.15) is 17.5 Å². The van der Waals surface area contributed by atoms with E-state index in [1.165, 1.54) is 0 Å². The van der Waals surface area contributed by atoms with Crippen LogP contribution in [0.4, 0.5) is 11.4 Å². The third kappa shape index (κ3) is 4.53. The number of nitrogens with zero attached hydrogens (tertiary/aromatic N) is 5. The minimum absolute atomic E-state index is 0.00223. The summed E-state index contributed by atoms with van der Waals surface area (Å²) in [6.45, 7) is 6.65. The van der Waals surface area contributed by atoms with Crippen molar-refractivity contribution in [3.63, 3.8) is 0 Å². The Morgan fingerprint density at radius 2 is 1.71 bits per heavy atom. The third-order valence-corrected chi connectivity index (χ3v) is 9.90. The number of carbonyl (C=O) groups excluding carboxylic acids is 2. The molecular weight excluding hydrogens is 498 g/mol. The molecule has 1 aliphatic carbocycles. The highest BCUT2D eigenvalue weighted by Crippen LogP contribution is 2.47. The Balaban J connectivity index is 1.05. The number of likely N-dealkylation sites (tertiary alicyclic amines) is 1. The number of benzene rings is 1. The second-order valence-corrected chi connectivity index (χ2v) is 12.4. The molecule has 1 saturated carbocycles. The minimum atomic E-state index is -0.00223. The van der Waals surface area contributed by atoms with Gasteiger partial charge in [0, 0.05) is 57.3 Å². The van der Waals surface area contributed by atoms with E-state index in [0.717, 1.165) is 63.1 Å². The number of hydrogen-bond acceptors (Lipinski definition) is 6. The molecule has 0 N–H and O–H groups in total. The van der Waals surface area contributed by atoms with Crippen LogP contribution >= 0.6 is 11.6 Å². The molecule has 4 fully saturated rings. The number of ketones is 1. The van der Waals surface area contributed by atoms with Crippen molar-refractivity contribution in [2.24, 2.45) is 10.8 Å². The monoisotopic (exact) mass is 531 g/mol. The van der Waals surface area contributed by atoms with Gasteiger partial charge < -0.3 is 14.7 Å². The minimum Gasteiger partial charge on any atom is -0.370 e. The summed E-state index contributed by atoms with van der Waals surface area (Å²) in [4.78, 5) is 35.8. The number of rotatable bonds is 3. The van der Waals surface area contributed by atoms with Gasteiger partial charge in [-0.3, -0.25) is 9.59 Å². The number of halogens is 1. The Bertz CT molecular complexity index is 1280. The molecule has 1 aromatic carbocycles. The quantitative estimate of drug-likeness (QED) is 0.549. The molecule has 3 saturated heterocycles. The maximum absolute atomic E-state index is 13.0. The zero-order valence-electron chi connectivity index (χ0n) is 22.0. The van der Waals surface area contributed by atoms with E-state index in [-0.39, 0.29) is 16.7 Å². The largest absolute Gasteiger partial charge is 0.370 e. The molecule has 38 heavy (non-hydrogen) atoms. The van der Waals surface area contributed by atoms with Crippen LogP contribution < -0.4 is 9.80 Å². The number of nitriles is 1. The van der Waals surface area contributed by atoms with Crippen molar-refractivity contribution >= 4 is 34.7 Å². The van der Waals surface area contributed by atoms with E-state index in [0.29, 0.717) is 54.0 Å². The molecule has 0 radical (unpaired) electrons. The highest BCUT2D eigenvalue weighted by molar-refractivity contribution is 6.32. The van der Waals surface area contributed by atoms with Gasteiger partial charge in [0.15, 0.2) is 0 Å². The predicted octanol–water partition coefficient (Wildman–Crippen LogP) is 5.08. The number of amides is 1. The van der Waals surface area contributed by atoms with Crippen LogP contribution in [0.15, 0.2) is 36.5 Å². The molecule has 2 spiro atoms. The maximum atomic E-state index is 13.0. The van der Waals surface area contributed by atoms with E-state index in [1.54, 1.807) is 0 Å². The van der Waals surface area contributed by atoms with E-state index in [4.69, 9.17) is 11.6 Å². The Morgan fingerprint density at radius 1 is 1.03 bits per heavy atom. The first-order valence-corrected chi connectivity index (χ1v) is 14.1. The van der Waals surface area contributed by atoms with Crippen molar-refractivity contribution in [1.29, 1.82) is 5.26 Å². The fraction of sp³-hybridized carbons (Fsp3) is 0.533. The van der Waals surface area contributed by atoms with Crippen molar-refractivity contribution in [3.05, 3.63) is 52.8 Å². The van der Waals surface area contributed by atoms with E-state index < -0.39 is 0 Å². The fourth-order valence-corrected chi connectivity index (χ4v) is 7.44. The van der Waals surface area contributed by atoms with Gasteiger partial charge in [0.2, 0.25) is 0 Å². The molecule has 1 aromatic heterocycles. The van der Waals surface area contributed by atoms with Crippen LogP contribution in [-0.4, -0.2) is 60.3 Å².